The predicted molar refractivity (Wildman–Crippen MR) is 124 cm³/mol. The van der Waals surface area contributed by atoms with Gasteiger partial charge >= 0.3 is 0 Å². The molecule has 0 radical (unpaired) electrons. The lowest BCUT2D eigenvalue weighted by atomic mass is 10.2. The van der Waals surface area contributed by atoms with Crippen molar-refractivity contribution in [1.29, 1.82) is 0 Å². The van der Waals surface area contributed by atoms with E-state index in [4.69, 9.17) is 21.3 Å². The van der Waals surface area contributed by atoms with Gasteiger partial charge in [-0.25, -0.2) is 4.98 Å². The number of hydrogen-bond donors (Lipinski definition) is 0. The van der Waals surface area contributed by atoms with Gasteiger partial charge in [-0.05, 0) is 56.7 Å². The van der Waals surface area contributed by atoms with Crippen molar-refractivity contribution >= 4 is 40.2 Å². The molecule has 2 unspecified atom stereocenters. The average Bonchev–Trinajstić information content (AvgIpc) is 2.71. The Morgan fingerprint density at radius 2 is 1.94 bits per heavy atom. The number of morpholine rings is 1. The summed E-state index contributed by atoms with van der Waals surface area (Å²) < 4.78 is 7.30. The van der Waals surface area contributed by atoms with Crippen LogP contribution in [0.3, 0.4) is 0 Å². The van der Waals surface area contributed by atoms with Crippen LogP contribution in [-0.4, -0.2) is 51.4 Å². The summed E-state index contributed by atoms with van der Waals surface area (Å²) in [7, 11) is 0. The lowest BCUT2D eigenvalue weighted by molar-refractivity contribution is -0.140. The van der Waals surface area contributed by atoms with Crippen LogP contribution in [0, 0.1) is 6.92 Å². The van der Waals surface area contributed by atoms with Crippen LogP contribution in [0.25, 0.3) is 16.6 Å². The van der Waals surface area contributed by atoms with E-state index in [0.29, 0.717) is 34.2 Å². The van der Waals surface area contributed by atoms with Gasteiger partial charge in [0.15, 0.2) is 5.16 Å². The number of fused-ring (bicyclic) bond motifs is 1. The van der Waals surface area contributed by atoms with Gasteiger partial charge in [0, 0.05) is 18.1 Å². The number of hydrogen-bond acceptors (Lipinski definition) is 5. The summed E-state index contributed by atoms with van der Waals surface area (Å²) in [5.74, 6) is 0.187. The predicted octanol–water partition coefficient (Wildman–Crippen LogP) is 4.08. The van der Waals surface area contributed by atoms with Crippen LogP contribution < -0.4 is 5.56 Å². The fourth-order valence-electron chi connectivity index (χ4n) is 3.83. The third kappa shape index (κ3) is 4.79. The fraction of sp³-hybridized carbons (Fsp3) is 0.348. The lowest BCUT2D eigenvalue weighted by Gasteiger charge is -2.35. The molecule has 0 N–H and O–H groups in total. The van der Waals surface area contributed by atoms with Crippen molar-refractivity contribution in [1.82, 2.24) is 14.5 Å². The van der Waals surface area contributed by atoms with Crippen LogP contribution in [0.1, 0.15) is 19.4 Å². The van der Waals surface area contributed by atoms with Crippen molar-refractivity contribution in [3.8, 4) is 5.69 Å². The Hall–Kier alpha value is -2.35. The third-order valence-corrected chi connectivity index (χ3v) is 6.32. The molecule has 1 fully saturated rings. The van der Waals surface area contributed by atoms with Gasteiger partial charge in [0.1, 0.15) is 0 Å². The van der Waals surface area contributed by atoms with Crippen molar-refractivity contribution < 1.29 is 9.53 Å². The molecule has 0 spiro atoms. The monoisotopic (exact) mass is 457 g/mol. The van der Waals surface area contributed by atoms with Crippen molar-refractivity contribution in [3.63, 3.8) is 0 Å². The van der Waals surface area contributed by atoms with E-state index < -0.39 is 0 Å². The number of carbonyl (C=O) groups is 1. The van der Waals surface area contributed by atoms with Gasteiger partial charge in [-0.3, -0.25) is 14.2 Å². The van der Waals surface area contributed by atoms with Crippen LogP contribution in [0.2, 0.25) is 5.02 Å². The number of amides is 1. The highest BCUT2D eigenvalue weighted by atomic mass is 35.5. The number of thioether (sulfide) groups is 1. The summed E-state index contributed by atoms with van der Waals surface area (Å²) in [5.41, 5.74) is 2.09. The first-order valence-corrected chi connectivity index (χ1v) is 11.5. The molecule has 1 aromatic heterocycles. The smallest absolute Gasteiger partial charge is 0.266 e. The van der Waals surface area contributed by atoms with Crippen molar-refractivity contribution in [2.75, 3.05) is 18.8 Å². The normalized spacial score (nSPS) is 19.0. The van der Waals surface area contributed by atoms with E-state index in [9.17, 15) is 9.59 Å². The summed E-state index contributed by atoms with van der Waals surface area (Å²) in [5, 5.41) is 1.46. The summed E-state index contributed by atoms with van der Waals surface area (Å²) in [6.45, 7) is 7.03. The van der Waals surface area contributed by atoms with Crippen LogP contribution in [0.4, 0.5) is 0 Å². The maximum atomic E-state index is 13.4. The molecule has 0 saturated carbocycles. The standard InChI is InChI=1S/C23H24ClN3O3S/c1-14-5-4-6-18(9-14)27-22(29)19-8-7-17(24)10-20(19)25-23(27)31-13-21(28)26-11-15(2)30-16(3)12-26/h4-10,15-16H,11-13H2,1-3H3. The van der Waals surface area contributed by atoms with E-state index in [1.165, 1.54) is 11.8 Å². The van der Waals surface area contributed by atoms with Crippen LogP contribution in [-0.2, 0) is 9.53 Å². The molecule has 162 valence electrons. The Labute approximate surface area is 190 Å². The molecular weight excluding hydrogens is 434 g/mol. The van der Waals surface area contributed by atoms with E-state index >= 15 is 0 Å². The number of aromatic nitrogens is 2. The molecule has 1 aliphatic heterocycles. The zero-order valence-corrected chi connectivity index (χ0v) is 19.2. The Kier molecular flexibility index (Phi) is 6.36. The second-order valence-electron chi connectivity index (χ2n) is 7.88. The molecule has 4 rings (SSSR count). The molecule has 1 aliphatic rings. The summed E-state index contributed by atoms with van der Waals surface area (Å²) in [6.07, 6.45) is 0.00761. The van der Waals surface area contributed by atoms with E-state index in [0.717, 1.165) is 11.3 Å². The van der Waals surface area contributed by atoms with Crippen molar-refractivity contribution in [3.05, 3.63) is 63.4 Å². The lowest BCUT2D eigenvalue weighted by Crippen LogP contribution is -2.48. The molecule has 0 aliphatic carbocycles. The number of halogens is 1. The van der Waals surface area contributed by atoms with Gasteiger partial charge in [-0.15, -0.1) is 0 Å². The first kappa shape index (κ1) is 21.9. The highest BCUT2D eigenvalue weighted by Crippen LogP contribution is 2.24. The number of rotatable bonds is 4. The molecule has 6 nitrogen and oxygen atoms in total. The zero-order valence-electron chi connectivity index (χ0n) is 17.7. The minimum absolute atomic E-state index is 0.00299. The SMILES string of the molecule is Cc1cccc(-n2c(SCC(=O)N3CC(C)OC(C)C3)nc3cc(Cl)ccc3c2=O)c1. The number of carbonyl (C=O) groups excluding carboxylic acids is 1. The first-order valence-electron chi connectivity index (χ1n) is 10.2. The van der Waals surface area contributed by atoms with Crippen LogP contribution in [0.15, 0.2) is 52.4 Å². The third-order valence-electron chi connectivity index (χ3n) is 5.16. The largest absolute Gasteiger partial charge is 0.372 e. The van der Waals surface area contributed by atoms with Gasteiger partial charge in [-0.2, -0.15) is 0 Å². The minimum atomic E-state index is -0.184. The Morgan fingerprint density at radius 1 is 1.19 bits per heavy atom. The number of aryl methyl sites for hydroxylation is 1. The van der Waals surface area contributed by atoms with Gasteiger partial charge in [-0.1, -0.05) is 35.5 Å². The van der Waals surface area contributed by atoms with Gasteiger partial charge < -0.3 is 9.64 Å². The highest BCUT2D eigenvalue weighted by molar-refractivity contribution is 7.99. The molecule has 2 atom stereocenters. The molecule has 1 amide bonds. The Morgan fingerprint density at radius 3 is 2.65 bits per heavy atom. The van der Waals surface area contributed by atoms with E-state index in [1.54, 1.807) is 22.8 Å². The van der Waals surface area contributed by atoms with E-state index in [1.807, 2.05) is 49.9 Å². The molecule has 1 saturated heterocycles. The van der Waals surface area contributed by atoms with Gasteiger partial charge in [0.2, 0.25) is 5.91 Å². The van der Waals surface area contributed by atoms with Gasteiger partial charge in [0.05, 0.1) is 34.6 Å². The molecule has 8 heteroatoms. The molecule has 3 aromatic rings. The quantitative estimate of drug-likeness (QED) is 0.436. The topological polar surface area (TPSA) is 64.4 Å². The van der Waals surface area contributed by atoms with Crippen LogP contribution >= 0.6 is 23.4 Å². The highest BCUT2D eigenvalue weighted by Gasteiger charge is 2.26. The van der Waals surface area contributed by atoms with Crippen LogP contribution in [0.5, 0.6) is 0 Å². The molecule has 2 aromatic carbocycles. The fourth-order valence-corrected chi connectivity index (χ4v) is 4.91. The summed E-state index contributed by atoms with van der Waals surface area (Å²) in [4.78, 5) is 32.8. The first-order chi connectivity index (χ1) is 14.8. The van der Waals surface area contributed by atoms with E-state index in [-0.39, 0.29) is 29.4 Å². The van der Waals surface area contributed by atoms with Gasteiger partial charge in [0.25, 0.3) is 5.56 Å². The maximum Gasteiger partial charge on any atom is 0.266 e. The zero-order chi connectivity index (χ0) is 22.1. The Balaban J connectivity index is 1.71. The second-order valence-corrected chi connectivity index (χ2v) is 9.26. The minimum Gasteiger partial charge on any atom is -0.372 e. The average molecular weight is 458 g/mol. The summed E-state index contributed by atoms with van der Waals surface area (Å²) in [6, 6.07) is 12.7. The van der Waals surface area contributed by atoms with Crippen molar-refractivity contribution in [2.24, 2.45) is 0 Å². The molecule has 31 heavy (non-hydrogen) atoms. The molecule has 0 bridgehead atoms. The number of benzene rings is 2. The van der Waals surface area contributed by atoms with E-state index in [2.05, 4.69) is 0 Å². The summed E-state index contributed by atoms with van der Waals surface area (Å²) >= 11 is 7.39. The number of nitrogens with zero attached hydrogens (tertiary/aromatic N) is 3. The molecule has 2 heterocycles. The second kappa shape index (κ2) is 9.02. The number of ether oxygens (including phenoxy) is 1. The maximum absolute atomic E-state index is 13.4. The van der Waals surface area contributed by atoms with Crippen molar-refractivity contribution in [2.45, 2.75) is 38.1 Å². The Bertz CT molecular complexity index is 1190. The molecular formula is C23H24ClN3O3S.